The average Bonchev–Trinajstić information content (AvgIpc) is 3.28. The molecule has 9 nitrogen and oxygen atoms in total. The van der Waals surface area contributed by atoms with Crippen LogP contribution in [0.25, 0.3) is 10.9 Å². The number of anilines is 1. The molecule has 1 aromatic carbocycles. The van der Waals surface area contributed by atoms with Crippen LogP contribution in [0.3, 0.4) is 0 Å². The van der Waals surface area contributed by atoms with Crippen LogP contribution in [0.1, 0.15) is 5.56 Å². The van der Waals surface area contributed by atoms with Crippen LogP contribution in [0.4, 0.5) is 11.5 Å². The van der Waals surface area contributed by atoms with E-state index in [0.29, 0.717) is 38.1 Å². The Balaban J connectivity index is 1.29. The highest BCUT2D eigenvalue weighted by Gasteiger charge is 2.15. The number of aromatic nitrogens is 2. The molecule has 0 aliphatic carbocycles. The van der Waals surface area contributed by atoms with Crippen LogP contribution in [0, 0.1) is 0 Å². The van der Waals surface area contributed by atoms with Gasteiger partial charge in [-0.3, -0.25) is 4.90 Å². The molecule has 33 heavy (non-hydrogen) atoms. The minimum absolute atomic E-state index is 0.487. The van der Waals surface area contributed by atoms with Gasteiger partial charge in [-0.15, -0.1) is 5.11 Å². The van der Waals surface area contributed by atoms with Crippen molar-refractivity contribution in [1.82, 2.24) is 14.9 Å². The molecule has 0 saturated carbocycles. The van der Waals surface area contributed by atoms with Crippen molar-refractivity contribution in [3.63, 3.8) is 0 Å². The number of fused-ring (bicyclic) bond motifs is 1. The fraction of sp³-hybridized carbons (Fsp3) is 0.458. The summed E-state index contributed by atoms with van der Waals surface area (Å²) in [6, 6.07) is 12.2. The third kappa shape index (κ3) is 5.68. The highest BCUT2D eigenvalue weighted by molar-refractivity contribution is 5.82. The molecule has 2 aliphatic heterocycles. The van der Waals surface area contributed by atoms with Gasteiger partial charge in [-0.2, -0.15) is 10.1 Å². The molecule has 0 amide bonds. The van der Waals surface area contributed by atoms with Crippen LogP contribution in [-0.2, 0) is 16.0 Å². The number of nitrogens with one attached hydrogen (secondary N) is 1. The van der Waals surface area contributed by atoms with E-state index < -0.39 is 0 Å². The minimum Gasteiger partial charge on any atom is -0.476 e. The molecule has 2 aromatic heterocycles. The lowest BCUT2D eigenvalue weighted by Gasteiger charge is -2.29. The number of azo groups is 1. The Morgan fingerprint density at radius 3 is 2.64 bits per heavy atom. The molecule has 0 radical (unpaired) electrons. The quantitative estimate of drug-likeness (QED) is 0.530. The zero-order valence-electron chi connectivity index (χ0n) is 18.8. The topological polar surface area (TPSA) is 87.6 Å². The number of pyridine rings is 1. The van der Waals surface area contributed by atoms with Gasteiger partial charge in [0.25, 0.3) is 0 Å². The van der Waals surface area contributed by atoms with E-state index in [9.17, 15) is 0 Å². The SMILES string of the molecule is c1ccc2c(CN=Nc3cc(N4CCOCC4)cc(OCCN4CCOCC4)n3)c[nH]c2c1. The summed E-state index contributed by atoms with van der Waals surface area (Å²) >= 11 is 0. The minimum atomic E-state index is 0.487. The normalized spacial score (nSPS) is 17.8. The van der Waals surface area contributed by atoms with Gasteiger partial charge in [0.2, 0.25) is 5.88 Å². The third-order valence-corrected chi connectivity index (χ3v) is 6.00. The first-order chi connectivity index (χ1) is 16.3. The van der Waals surface area contributed by atoms with Gasteiger partial charge in [0.05, 0.1) is 33.0 Å². The number of morpholine rings is 2. The van der Waals surface area contributed by atoms with Crippen molar-refractivity contribution >= 4 is 22.4 Å². The van der Waals surface area contributed by atoms with Gasteiger partial charge in [-0.1, -0.05) is 18.2 Å². The number of benzene rings is 1. The van der Waals surface area contributed by atoms with Crippen molar-refractivity contribution in [2.24, 2.45) is 10.2 Å². The maximum Gasteiger partial charge on any atom is 0.217 e. The molecular weight excluding hydrogens is 420 g/mol. The van der Waals surface area contributed by atoms with Gasteiger partial charge in [-0.05, 0) is 6.07 Å². The van der Waals surface area contributed by atoms with Crippen molar-refractivity contribution in [2.45, 2.75) is 6.54 Å². The predicted molar refractivity (Wildman–Crippen MR) is 127 cm³/mol. The van der Waals surface area contributed by atoms with E-state index in [4.69, 9.17) is 14.2 Å². The molecule has 1 N–H and O–H groups in total. The van der Waals surface area contributed by atoms with Crippen LogP contribution in [-0.4, -0.2) is 80.6 Å². The maximum absolute atomic E-state index is 6.03. The van der Waals surface area contributed by atoms with E-state index in [1.165, 1.54) is 5.39 Å². The van der Waals surface area contributed by atoms with Crippen molar-refractivity contribution in [3.05, 3.63) is 48.2 Å². The summed E-state index contributed by atoms with van der Waals surface area (Å²) in [7, 11) is 0. The number of rotatable bonds is 8. The number of hydrogen-bond acceptors (Lipinski definition) is 8. The number of nitrogens with zero attached hydrogens (tertiary/aromatic N) is 5. The smallest absolute Gasteiger partial charge is 0.217 e. The maximum atomic E-state index is 6.03. The summed E-state index contributed by atoms with van der Waals surface area (Å²) in [5, 5.41) is 10.0. The number of ether oxygens (including phenoxy) is 3. The Bertz CT molecular complexity index is 1070. The lowest BCUT2D eigenvalue weighted by molar-refractivity contribution is 0.0320. The monoisotopic (exact) mass is 450 g/mol. The van der Waals surface area contributed by atoms with E-state index in [2.05, 4.69) is 42.1 Å². The Kier molecular flexibility index (Phi) is 7.10. The third-order valence-electron chi connectivity index (χ3n) is 6.00. The van der Waals surface area contributed by atoms with Gasteiger partial charge in [0.1, 0.15) is 6.61 Å². The van der Waals surface area contributed by atoms with Gasteiger partial charge < -0.3 is 24.1 Å². The summed E-state index contributed by atoms with van der Waals surface area (Å²) in [6.45, 7) is 8.47. The molecule has 5 rings (SSSR count). The number of hydrogen-bond donors (Lipinski definition) is 1. The van der Waals surface area contributed by atoms with Crippen molar-refractivity contribution in [1.29, 1.82) is 0 Å². The molecule has 174 valence electrons. The van der Waals surface area contributed by atoms with Crippen molar-refractivity contribution in [3.8, 4) is 5.88 Å². The summed E-state index contributed by atoms with van der Waals surface area (Å²) < 4.78 is 17.0. The first-order valence-electron chi connectivity index (χ1n) is 11.6. The van der Waals surface area contributed by atoms with Crippen molar-refractivity contribution in [2.75, 3.05) is 70.7 Å². The standard InChI is InChI=1S/C24H30N6O3/c1-2-4-22-21(3-1)19(17-25-22)18-26-28-23-15-20(30-8-12-32-13-9-30)16-24(27-23)33-14-7-29-5-10-31-11-6-29/h1-4,15-17,25H,5-14,18H2. The van der Waals surface area contributed by atoms with Crippen molar-refractivity contribution < 1.29 is 14.2 Å². The molecule has 2 saturated heterocycles. The van der Waals surface area contributed by atoms with E-state index in [0.717, 1.165) is 62.7 Å². The Morgan fingerprint density at radius 2 is 1.79 bits per heavy atom. The molecular formula is C24H30N6O3. The van der Waals surface area contributed by atoms with Crippen LogP contribution in [0.5, 0.6) is 5.88 Å². The molecule has 0 atom stereocenters. The summed E-state index contributed by atoms with van der Waals surface area (Å²) in [5.41, 5.74) is 3.25. The largest absolute Gasteiger partial charge is 0.476 e. The van der Waals surface area contributed by atoms with E-state index in [-0.39, 0.29) is 0 Å². The zero-order chi connectivity index (χ0) is 22.3. The Hall–Kier alpha value is -3.01. The molecule has 2 aliphatic rings. The van der Waals surface area contributed by atoms with Crippen LogP contribution in [0.2, 0.25) is 0 Å². The van der Waals surface area contributed by atoms with Crippen LogP contribution < -0.4 is 9.64 Å². The summed E-state index contributed by atoms with van der Waals surface area (Å²) in [5.74, 6) is 1.13. The molecule has 0 spiro atoms. The van der Waals surface area contributed by atoms with Gasteiger partial charge in [-0.25, -0.2) is 0 Å². The highest BCUT2D eigenvalue weighted by Crippen LogP contribution is 2.27. The number of H-pyrrole nitrogens is 1. The van der Waals surface area contributed by atoms with E-state index >= 15 is 0 Å². The van der Waals surface area contributed by atoms with Gasteiger partial charge in [0.15, 0.2) is 5.82 Å². The molecule has 4 heterocycles. The first kappa shape index (κ1) is 21.8. The average molecular weight is 451 g/mol. The molecule has 0 unspecified atom stereocenters. The lowest BCUT2D eigenvalue weighted by atomic mass is 10.2. The molecule has 9 heteroatoms. The van der Waals surface area contributed by atoms with E-state index in [1.54, 1.807) is 0 Å². The summed E-state index contributed by atoms with van der Waals surface area (Å²) in [4.78, 5) is 12.5. The summed E-state index contributed by atoms with van der Waals surface area (Å²) in [6.07, 6.45) is 1.99. The van der Waals surface area contributed by atoms with Crippen LogP contribution >= 0.6 is 0 Å². The molecule has 2 fully saturated rings. The fourth-order valence-electron chi connectivity index (χ4n) is 4.16. The fourth-order valence-corrected chi connectivity index (χ4v) is 4.16. The number of aromatic amines is 1. The second-order valence-electron chi connectivity index (χ2n) is 8.18. The molecule has 3 aromatic rings. The van der Waals surface area contributed by atoms with E-state index in [1.807, 2.05) is 30.5 Å². The van der Waals surface area contributed by atoms with Crippen LogP contribution in [0.15, 0.2) is 52.8 Å². The second kappa shape index (κ2) is 10.7. The van der Waals surface area contributed by atoms with Gasteiger partial charge in [0, 0.05) is 73.2 Å². The number of para-hydroxylation sites is 1. The zero-order valence-corrected chi connectivity index (χ0v) is 18.8. The molecule has 0 bridgehead atoms. The first-order valence-corrected chi connectivity index (χ1v) is 11.6. The highest BCUT2D eigenvalue weighted by atomic mass is 16.5. The predicted octanol–water partition coefficient (Wildman–Crippen LogP) is 3.39. The second-order valence-corrected chi connectivity index (χ2v) is 8.18. The Morgan fingerprint density at radius 1 is 1.00 bits per heavy atom. The lowest BCUT2D eigenvalue weighted by Crippen LogP contribution is -2.38. The van der Waals surface area contributed by atoms with Gasteiger partial charge >= 0.3 is 0 Å². The Labute approximate surface area is 193 Å².